The molecule has 1 aromatic carbocycles. The van der Waals surface area contributed by atoms with Crippen LogP contribution in [0.25, 0.3) is 0 Å². The maximum Gasteiger partial charge on any atom is 0.291 e. The van der Waals surface area contributed by atoms with E-state index in [2.05, 4.69) is 5.32 Å². The van der Waals surface area contributed by atoms with Crippen LogP contribution in [0.2, 0.25) is 5.02 Å². The third-order valence-electron chi connectivity index (χ3n) is 3.52. The van der Waals surface area contributed by atoms with Gasteiger partial charge in [0.1, 0.15) is 11.5 Å². The molecular weight excluding hydrogens is 344 g/mol. The van der Waals surface area contributed by atoms with Gasteiger partial charge in [-0.05, 0) is 36.4 Å². The fourth-order valence-electron chi connectivity index (χ4n) is 2.31. The molecule has 1 N–H and O–H groups in total. The summed E-state index contributed by atoms with van der Waals surface area (Å²) in [5, 5.41) is 3.17. The molecule has 0 radical (unpaired) electrons. The third kappa shape index (κ3) is 3.92. The molecule has 3 rings (SSSR count). The Hall–Kier alpha value is -2.99. The van der Waals surface area contributed by atoms with Gasteiger partial charge in [0.15, 0.2) is 5.76 Å². The number of carbonyl (C=O) groups is 1. The number of hydrogen-bond acceptors (Lipinski definition) is 4. The lowest BCUT2D eigenvalue weighted by Gasteiger charge is -2.09. The lowest BCUT2D eigenvalue weighted by molar-refractivity contribution is 0.0994. The number of hydrogen-bond donors (Lipinski definition) is 1. The zero-order valence-corrected chi connectivity index (χ0v) is 14.1. The van der Waals surface area contributed by atoms with E-state index in [4.69, 9.17) is 20.8 Å². The largest absolute Gasteiger partial charge is 0.495 e. The summed E-state index contributed by atoms with van der Waals surface area (Å²) in [6, 6.07) is 13.0. The monoisotopic (exact) mass is 358 g/mol. The Kier molecular flexibility index (Phi) is 4.90. The fourth-order valence-corrected chi connectivity index (χ4v) is 2.48. The van der Waals surface area contributed by atoms with Crippen molar-refractivity contribution < 1.29 is 13.9 Å². The van der Waals surface area contributed by atoms with Gasteiger partial charge in [0.05, 0.1) is 19.3 Å². The van der Waals surface area contributed by atoms with Crippen molar-refractivity contribution in [1.29, 1.82) is 0 Å². The van der Waals surface area contributed by atoms with E-state index in [1.165, 1.54) is 17.7 Å². The molecule has 1 amide bonds. The van der Waals surface area contributed by atoms with E-state index >= 15 is 0 Å². The molecule has 0 aliphatic carbocycles. The molecule has 128 valence electrons. The maximum atomic E-state index is 12.4. The fraction of sp³-hybridized carbons (Fsp3) is 0.111. The van der Waals surface area contributed by atoms with Gasteiger partial charge in [-0.2, -0.15) is 0 Å². The second-order valence-corrected chi connectivity index (χ2v) is 5.67. The van der Waals surface area contributed by atoms with Gasteiger partial charge in [0.25, 0.3) is 11.5 Å². The topological polar surface area (TPSA) is 73.5 Å². The predicted octanol–water partition coefficient (Wildman–Crippen LogP) is 3.40. The summed E-state index contributed by atoms with van der Waals surface area (Å²) >= 11 is 5.95. The van der Waals surface area contributed by atoms with E-state index in [9.17, 15) is 9.59 Å². The van der Waals surface area contributed by atoms with Crippen molar-refractivity contribution in [3.8, 4) is 5.75 Å². The van der Waals surface area contributed by atoms with Crippen molar-refractivity contribution >= 4 is 23.2 Å². The average Bonchev–Trinajstić information content (AvgIpc) is 3.06. The van der Waals surface area contributed by atoms with Crippen LogP contribution in [0, 0.1) is 0 Å². The first kappa shape index (κ1) is 16.9. The van der Waals surface area contributed by atoms with Crippen LogP contribution in [0.15, 0.2) is 63.9 Å². The predicted molar refractivity (Wildman–Crippen MR) is 94.5 cm³/mol. The Bertz CT molecular complexity index is 961. The first-order valence-corrected chi connectivity index (χ1v) is 7.83. The van der Waals surface area contributed by atoms with Gasteiger partial charge in [0.2, 0.25) is 0 Å². The highest BCUT2D eigenvalue weighted by Crippen LogP contribution is 2.28. The number of ether oxygens (including phenoxy) is 1. The molecule has 0 fully saturated rings. The van der Waals surface area contributed by atoms with E-state index < -0.39 is 5.91 Å². The summed E-state index contributed by atoms with van der Waals surface area (Å²) in [5.74, 6) is 0.671. The summed E-state index contributed by atoms with van der Waals surface area (Å²) in [4.78, 5) is 24.1. The van der Waals surface area contributed by atoms with Crippen LogP contribution in [0.1, 0.15) is 16.3 Å². The number of pyridine rings is 1. The molecule has 3 aromatic rings. The van der Waals surface area contributed by atoms with Crippen molar-refractivity contribution in [2.24, 2.45) is 0 Å². The zero-order valence-electron chi connectivity index (χ0n) is 13.4. The number of amides is 1. The minimum atomic E-state index is -0.438. The highest BCUT2D eigenvalue weighted by molar-refractivity contribution is 6.31. The average molecular weight is 359 g/mol. The van der Waals surface area contributed by atoms with Crippen molar-refractivity contribution in [1.82, 2.24) is 4.57 Å². The zero-order chi connectivity index (χ0) is 17.8. The number of anilines is 1. The molecule has 2 aromatic heterocycles. The number of furan rings is 1. The van der Waals surface area contributed by atoms with Crippen molar-refractivity contribution in [3.05, 3.63) is 81.6 Å². The van der Waals surface area contributed by atoms with E-state index in [-0.39, 0.29) is 17.9 Å². The smallest absolute Gasteiger partial charge is 0.291 e. The van der Waals surface area contributed by atoms with E-state index in [0.717, 1.165) is 0 Å². The number of aromatic nitrogens is 1. The van der Waals surface area contributed by atoms with Gasteiger partial charge in [-0.25, -0.2) is 0 Å². The molecule has 0 saturated heterocycles. The van der Waals surface area contributed by atoms with Crippen LogP contribution in [-0.2, 0) is 6.54 Å². The summed E-state index contributed by atoms with van der Waals surface area (Å²) in [5.41, 5.74) is 0.297. The van der Waals surface area contributed by atoms with Gasteiger partial charge in [-0.1, -0.05) is 17.7 Å². The number of halogens is 1. The first-order valence-electron chi connectivity index (χ1n) is 7.46. The SMILES string of the molecule is COc1ccc(Cl)cc1NC(=O)c1ccc(Cn2ccccc2=O)o1. The van der Waals surface area contributed by atoms with Crippen LogP contribution in [0.4, 0.5) is 5.69 Å². The number of benzene rings is 1. The molecule has 0 atom stereocenters. The van der Waals surface area contributed by atoms with E-state index in [0.29, 0.717) is 22.2 Å². The molecule has 0 saturated carbocycles. The summed E-state index contributed by atoms with van der Waals surface area (Å²) in [6.07, 6.45) is 1.65. The van der Waals surface area contributed by atoms with Gasteiger partial charge in [0, 0.05) is 17.3 Å². The summed E-state index contributed by atoms with van der Waals surface area (Å²) in [6.45, 7) is 0.243. The normalized spacial score (nSPS) is 10.5. The highest BCUT2D eigenvalue weighted by Gasteiger charge is 2.14. The Balaban J connectivity index is 1.76. The van der Waals surface area contributed by atoms with Crippen molar-refractivity contribution in [2.45, 2.75) is 6.54 Å². The van der Waals surface area contributed by atoms with Crippen LogP contribution in [-0.4, -0.2) is 17.6 Å². The molecule has 7 heteroatoms. The molecule has 6 nitrogen and oxygen atoms in total. The Morgan fingerprint density at radius 2 is 2.08 bits per heavy atom. The van der Waals surface area contributed by atoms with Crippen LogP contribution in [0.3, 0.4) is 0 Å². The molecule has 0 aliphatic heterocycles. The summed E-state index contributed by atoms with van der Waals surface area (Å²) < 4.78 is 12.2. The highest BCUT2D eigenvalue weighted by atomic mass is 35.5. The molecule has 25 heavy (non-hydrogen) atoms. The van der Waals surface area contributed by atoms with E-state index in [1.807, 2.05) is 0 Å². The van der Waals surface area contributed by atoms with Gasteiger partial charge in [-0.15, -0.1) is 0 Å². The number of carbonyl (C=O) groups excluding carboxylic acids is 1. The molecular formula is C18H15ClN2O4. The van der Waals surface area contributed by atoms with Crippen molar-refractivity contribution in [3.63, 3.8) is 0 Å². The third-order valence-corrected chi connectivity index (χ3v) is 3.76. The maximum absolute atomic E-state index is 12.4. The second-order valence-electron chi connectivity index (χ2n) is 5.23. The number of methoxy groups -OCH3 is 1. The number of nitrogens with one attached hydrogen (secondary N) is 1. The first-order chi connectivity index (χ1) is 12.1. The minimum Gasteiger partial charge on any atom is -0.495 e. The Labute approximate surface area is 148 Å². The number of nitrogens with zero attached hydrogens (tertiary/aromatic N) is 1. The lowest BCUT2D eigenvalue weighted by Crippen LogP contribution is -2.18. The Morgan fingerprint density at radius 1 is 1.24 bits per heavy atom. The minimum absolute atomic E-state index is 0.126. The second kappa shape index (κ2) is 7.27. The van der Waals surface area contributed by atoms with Gasteiger partial charge < -0.3 is 19.0 Å². The molecule has 0 bridgehead atoms. The molecule has 0 spiro atoms. The van der Waals surface area contributed by atoms with Crippen LogP contribution < -0.4 is 15.6 Å². The molecule has 0 unspecified atom stereocenters. The van der Waals surface area contributed by atoms with Gasteiger partial charge >= 0.3 is 0 Å². The Morgan fingerprint density at radius 3 is 2.84 bits per heavy atom. The van der Waals surface area contributed by atoms with Gasteiger partial charge in [-0.3, -0.25) is 9.59 Å². The van der Waals surface area contributed by atoms with Crippen LogP contribution >= 0.6 is 11.6 Å². The number of rotatable bonds is 5. The molecule has 2 heterocycles. The van der Waals surface area contributed by atoms with Crippen molar-refractivity contribution in [2.75, 3.05) is 12.4 Å². The lowest BCUT2D eigenvalue weighted by atomic mass is 10.3. The van der Waals surface area contributed by atoms with Crippen LogP contribution in [0.5, 0.6) is 5.75 Å². The molecule has 0 aliphatic rings. The standard InChI is InChI=1S/C18H15ClN2O4/c1-24-15-7-5-12(19)10-14(15)20-18(23)16-8-6-13(25-16)11-21-9-3-2-4-17(21)22/h2-10H,11H2,1H3,(H,20,23). The summed E-state index contributed by atoms with van der Waals surface area (Å²) in [7, 11) is 1.50. The quantitative estimate of drug-likeness (QED) is 0.758. The van der Waals surface area contributed by atoms with E-state index in [1.54, 1.807) is 48.7 Å².